The van der Waals surface area contributed by atoms with Crippen LogP contribution >= 0.6 is 23.4 Å². The molecule has 1 aliphatic heterocycles. The molecule has 10 heteroatoms. The Kier molecular flexibility index (Phi) is 8.21. The van der Waals surface area contributed by atoms with Crippen LogP contribution in [-0.4, -0.2) is 44.6 Å². The number of nitrogens with one attached hydrogen (secondary N) is 1. The number of hydrogen-bond acceptors (Lipinski definition) is 5. The van der Waals surface area contributed by atoms with Crippen LogP contribution in [0.1, 0.15) is 24.8 Å². The highest BCUT2D eigenvalue weighted by atomic mass is 35.5. The van der Waals surface area contributed by atoms with Crippen molar-refractivity contribution in [1.82, 2.24) is 4.31 Å². The number of hydrogen-bond donors (Lipinski definition) is 1. The standard InChI is InChI=1S/C21H24ClFN2O4S2/c1-29-20-8-7-17(31(27,28)25-9-3-2-4-10-25)12-19(20)24-21(26)14-30-13-15-5-6-16(22)11-18(15)23/h5-8,11-12H,2-4,9-10,13-14H2,1H3,(H,24,26). The lowest BCUT2D eigenvalue weighted by atomic mass is 10.2. The summed E-state index contributed by atoms with van der Waals surface area (Å²) in [4.78, 5) is 12.5. The molecule has 3 rings (SSSR count). The first-order valence-electron chi connectivity index (χ1n) is 9.81. The highest BCUT2D eigenvalue weighted by molar-refractivity contribution is 7.99. The van der Waals surface area contributed by atoms with E-state index in [1.807, 2.05) is 0 Å². The van der Waals surface area contributed by atoms with Gasteiger partial charge in [-0.25, -0.2) is 12.8 Å². The second kappa shape index (κ2) is 10.7. The maximum Gasteiger partial charge on any atom is 0.243 e. The number of carbonyl (C=O) groups is 1. The molecular weight excluding hydrogens is 463 g/mol. The molecule has 0 aromatic heterocycles. The van der Waals surface area contributed by atoms with Gasteiger partial charge in [0.25, 0.3) is 0 Å². The first kappa shape index (κ1) is 23.8. The molecule has 168 valence electrons. The van der Waals surface area contributed by atoms with Gasteiger partial charge in [-0.3, -0.25) is 4.79 Å². The first-order valence-corrected chi connectivity index (χ1v) is 12.8. The Morgan fingerprint density at radius 1 is 1.19 bits per heavy atom. The van der Waals surface area contributed by atoms with Crippen molar-refractivity contribution >= 4 is 45.0 Å². The van der Waals surface area contributed by atoms with Gasteiger partial charge >= 0.3 is 0 Å². The number of anilines is 1. The Hall–Kier alpha value is -1.81. The smallest absolute Gasteiger partial charge is 0.243 e. The van der Waals surface area contributed by atoms with Gasteiger partial charge in [-0.1, -0.05) is 24.1 Å². The van der Waals surface area contributed by atoms with Gasteiger partial charge in [0, 0.05) is 23.9 Å². The van der Waals surface area contributed by atoms with E-state index in [0.29, 0.717) is 35.2 Å². The first-order chi connectivity index (χ1) is 14.8. The minimum atomic E-state index is -3.64. The molecule has 1 heterocycles. The van der Waals surface area contributed by atoms with Crippen LogP contribution in [0.5, 0.6) is 5.75 Å². The number of amides is 1. The fourth-order valence-corrected chi connectivity index (χ4v) is 5.79. The average Bonchev–Trinajstić information content (AvgIpc) is 2.76. The van der Waals surface area contributed by atoms with Gasteiger partial charge in [-0.05, 0) is 48.7 Å². The van der Waals surface area contributed by atoms with Gasteiger partial charge in [-0.2, -0.15) is 4.31 Å². The van der Waals surface area contributed by atoms with Crippen LogP contribution in [0.4, 0.5) is 10.1 Å². The number of rotatable bonds is 8. The molecule has 1 fully saturated rings. The lowest BCUT2D eigenvalue weighted by molar-refractivity contribution is -0.113. The van der Waals surface area contributed by atoms with E-state index in [0.717, 1.165) is 19.3 Å². The number of nitrogens with zero attached hydrogens (tertiary/aromatic N) is 1. The van der Waals surface area contributed by atoms with Crippen LogP contribution in [-0.2, 0) is 20.6 Å². The summed E-state index contributed by atoms with van der Waals surface area (Å²) in [7, 11) is -2.19. The van der Waals surface area contributed by atoms with Crippen molar-refractivity contribution in [3.05, 3.63) is 52.8 Å². The molecule has 0 spiro atoms. The predicted molar refractivity (Wildman–Crippen MR) is 122 cm³/mol. The van der Waals surface area contributed by atoms with Crippen LogP contribution in [0.3, 0.4) is 0 Å². The van der Waals surface area contributed by atoms with E-state index < -0.39 is 15.8 Å². The van der Waals surface area contributed by atoms with E-state index in [4.69, 9.17) is 16.3 Å². The SMILES string of the molecule is COc1ccc(S(=O)(=O)N2CCCCC2)cc1NC(=O)CSCc1ccc(Cl)cc1F. The summed E-state index contributed by atoms with van der Waals surface area (Å²) in [6, 6.07) is 8.85. The number of methoxy groups -OCH3 is 1. The predicted octanol–water partition coefficient (Wildman–Crippen LogP) is 4.53. The van der Waals surface area contributed by atoms with Gasteiger partial charge in [0.05, 0.1) is 23.4 Å². The van der Waals surface area contributed by atoms with Crippen LogP contribution < -0.4 is 10.1 Å². The minimum absolute atomic E-state index is 0.0638. The van der Waals surface area contributed by atoms with Crippen molar-refractivity contribution in [2.24, 2.45) is 0 Å². The molecule has 0 atom stereocenters. The summed E-state index contributed by atoms with van der Waals surface area (Å²) in [6.45, 7) is 0.988. The molecular formula is C21H24ClFN2O4S2. The van der Waals surface area contributed by atoms with Crippen LogP contribution in [0.2, 0.25) is 5.02 Å². The van der Waals surface area contributed by atoms with E-state index in [9.17, 15) is 17.6 Å². The third-order valence-corrected chi connectivity index (χ3v) is 8.01. The molecule has 0 saturated carbocycles. The zero-order chi connectivity index (χ0) is 22.4. The Morgan fingerprint density at radius 2 is 1.94 bits per heavy atom. The highest BCUT2D eigenvalue weighted by Gasteiger charge is 2.27. The number of halogens is 2. The Bertz CT molecular complexity index is 1040. The normalized spacial score (nSPS) is 14.9. The quantitative estimate of drug-likeness (QED) is 0.593. The van der Waals surface area contributed by atoms with Crippen molar-refractivity contribution in [3.8, 4) is 5.75 Å². The minimum Gasteiger partial charge on any atom is -0.495 e. The third kappa shape index (κ3) is 6.12. The Morgan fingerprint density at radius 3 is 2.61 bits per heavy atom. The molecule has 2 aromatic rings. The van der Waals surface area contributed by atoms with E-state index in [1.54, 1.807) is 12.1 Å². The van der Waals surface area contributed by atoms with Gasteiger partial charge in [0.15, 0.2) is 0 Å². The summed E-state index contributed by atoms with van der Waals surface area (Å²) < 4.78 is 46.5. The molecule has 1 saturated heterocycles. The maximum atomic E-state index is 13.9. The zero-order valence-electron chi connectivity index (χ0n) is 17.1. The van der Waals surface area contributed by atoms with Gasteiger partial charge < -0.3 is 10.1 Å². The fourth-order valence-electron chi connectivity index (χ4n) is 3.28. The second-order valence-electron chi connectivity index (χ2n) is 7.10. The molecule has 1 N–H and O–H groups in total. The number of carbonyl (C=O) groups excluding carboxylic acids is 1. The summed E-state index contributed by atoms with van der Waals surface area (Å²) in [5.74, 6) is -0.0341. The molecule has 6 nitrogen and oxygen atoms in total. The summed E-state index contributed by atoms with van der Waals surface area (Å²) in [5.41, 5.74) is 0.735. The molecule has 31 heavy (non-hydrogen) atoms. The highest BCUT2D eigenvalue weighted by Crippen LogP contribution is 2.30. The zero-order valence-corrected chi connectivity index (χ0v) is 19.5. The average molecular weight is 487 g/mol. The van der Waals surface area contributed by atoms with Crippen molar-refractivity contribution in [3.63, 3.8) is 0 Å². The van der Waals surface area contributed by atoms with Crippen molar-refractivity contribution in [2.75, 3.05) is 31.3 Å². The van der Waals surface area contributed by atoms with E-state index in [2.05, 4.69) is 5.32 Å². The molecule has 0 aliphatic carbocycles. The molecule has 1 amide bonds. The Labute approximate surface area is 191 Å². The number of piperidine rings is 1. The monoisotopic (exact) mass is 486 g/mol. The van der Waals surface area contributed by atoms with E-state index >= 15 is 0 Å². The number of sulfonamides is 1. The van der Waals surface area contributed by atoms with E-state index in [-0.39, 0.29) is 22.2 Å². The topological polar surface area (TPSA) is 75.7 Å². The fraction of sp³-hybridized carbons (Fsp3) is 0.381. The van der Waals surface area contributed by atoms with Gasteiger partial charge in [0.1, 0.15) is 11.6 Å². The molecule has 1 aliphatic rings. The molecule has 0 unspecified atom stereocenters. The number of thioether (sulfide) groups is 1. The van der Waals surface area contributed by atoms with Crippen LogP contribution in [0, 0.1) is 5.82 Å². The molecule has 0 radical (unpaired) electrons. The maximum absolute atomic E-state index is 13.9. The molecule has 2 aromatic carbocycles. The largest absolute Gasteiger partial charge is 0.495 e. The van der Waals surface area contributed by atoms with Crippen molar-refractivity contribution < 1.29 is 22.3 Å². The van der Waals surface area contributed by atoms with Gasteiger partial charge in [0.2, 0.25) is 15.9 Å². The number of ether oxygens (including phenoxy) is 1. The van der Waals surface area contributed by atoms with Gasteiger partial charge in [-0.15, -0.1) is 11.8 Å². The molecule has 0 bridgehead atoms. The Balaban J connectivity index is 1.66. The lowest BCUT2D eigenvalue weighted by Gasteiger charge is -2.26. The van der Waals surface area contributed by atoms with Crippen LogP contribution in [0.25, 0.3) is 0 Å². The lowest BCUT2D eigenvalue weighted by Crippen LogP contribution is -2.35. The summed E-state index contributed by atoms with van der Waals surface area (Å²) in [5, 5.41) is 3.02. The third-order valence-electron chi connectivity index (χ3n) is 4.90. The number of benzene rings is 2. The summed E-state index contributed by atoms with van der Waals surface area (Å²) in [6.07, 6.45) is 2.70. The summed E-state index contributed by atoms with van der Waals surface area (Å²) >= 11 is 6.98. The van der Waals surface area contributed by atoms with Crippen LogP contribution in [0.15, 0.2) is 41.3 Å². The van der Waals surface area contributed by atoms with Crippen molar-refractivity contribution in [2.45, 2.75) is 29.9 Å². The van der Waals surface area contributed by atoms with E-state index in [1.165, 1.54) is 47.4 Å². The second-order valence-corrected chi connectivity index (χ2v) is 10.5. The van der Waals surface area contributed by atoms with Crippen molar-refractivity contribution in [1.29, 1.82) is 0 Å².